The van der Waals surface area contributed by atoms with Gasteiger partial charge in [-0.25, -0.2) is 0 Å². The highest BCUT2D eigenvalue weighted by Crippen LogP contribution is 2.19. The number of hydrogen-bond acceptors (Lipinski definition) is 3. The zero-order chi connectivity index (χ0) is 13.7. The monoisotopic (exact) mass is 368 g/mol. The molecule has 4 nitrogen and oxygen atoms in total. The largest absolute Gasteiger partial charge is 0.497 e. The van der Waals surface area contributed by atoms with Crippen LogP contribution in [-0.4, -0.2) is 18.0 Å². The third kappa shape index (κ3) is 3.66. The molecular weight excluding hydrogens is 355 g/mol. The Kier molecular flexibility index (Phi) is 4.73. The Hall–Kier alpha value is -1.63. The topological polar surface area (TPSA) is 51.2 Å². The summed E-state index contributed by atoms with van der Waals surface area (Å²) in [6, 6.07) is 11.0. The maximum atomic E-state index is 11.9. The highest BCUT2D eigenvalue weighted by molar-refractivity contribution is 14.1. The predicted octanol–water partition coefficient (Wildman–Crippen LogP) is 2.62. The molecule has 1 aromatic carbocycles. The molecule has 0 radical (unpaired) electrons. The molecule has 0 aliphatic heterocycles. The molecule has 0 aliphatic carbocycles. The Labute approximate surface area is 125 Å². The Bertz CT molecular complexity index is 573. The SMILES string of the molecule is COc1ccc(I)c(CNC(=O)c2ccccn2)c1. The summed E-state index contributed by atoms with van der Waals surface area (Å²) in [5.41, 5.74) is 1.43. The molecule has 0 saturated heterocycles. The van der Waals surface area contributed by atoms with Crippen LogP contribution in [0.25, 0.3) is 0 Å². The zero-order valence-electron chi connectivity index (χ0n) is 10.4. The lowest BCUT2D eigenvalue weighted by Crippen LogP contribution is -2.24. The quantitative estimate of drug-likeness (QED) is 0.845. The Balaban J connectivity index is 2.05. The van der Waals surface area contributed by atoms with Gasteiger partial charge in [-0.3, -0.25) is 9.78 Å². The van der Waals surface area contributed by atoms with Gasteiger partial charge in [-0.2, -0.15) is 0 Å². The van der Waals surface area contributed by atoms with E-state index in [2.05, 4.69) is 32.9 Å². The van der Waals surface area contributed by atoms with E-state index in [0.29, 0.717) is 12.2 Å². The number of nitrogens with zero attached hydrogens (tertiary/aromatic N) is 1. The molecule has 1 N–H and O–H groups in total. The second-order valence-corrected chi connectivity index (χ2v) is 5.02. The number of hydrogen-bond donors (Lipinski definition) is 1. The third-order valence-electron chi connectivity index (χ3n) is 2.59. The van der Waals surface area contributed by atoms with Crippen molar-refractivity contribution in [3.05, 3.63) is 57.4 Å². The Morgan fingerprint density at radius 3 is 2.89 bits per heavy atom. The van der Waals surface area contributed by atoms with Crippen molar-refractivity contribution >= 4 is 28.5 Å². The fraction of sp³-hybridized carbons (Fsp3) is 0.143. The van der Waals surface area contributed by atoms with Crippen molar-refractivity contribution in [2.24, 2.45) is 0 Å². The van der Waals surface area contributed by atoms with Gasteiger partial charge in [-0.15, -0.1) is 0 Å². The standard InChI is InChI=1S/C14H13IN2O2/c1-19-11-5-6-12(15)10(8-11)9-17-14(18)13-4-2-3-7-16-13/h2-8H,9H2,1H3,(H,17,18). The van der Waals surface area contributed by atoms with Crippen LogP contribution in [0.5, 0.6) is 5.75 Å². The number of amides is 1. The van der Waals surface area contributed by atoms with Crippen molar-refractivity contribution < 1.29 is 9.53 Å². The average molecular weight is 368 g/mol. The number of pyridine rings is 1. The first-order chi connectivity index (χ1) is 9.20. The van der Waals surface area contributed by atoms with Gasteiger partial charge in [0.2, 0.25) is 0 Å². The minimum atomic E-state index is -0.181. The molecule has 0 saturated carbocycles. The lowest BCUT2D eigenvalue weighted by atomic mass is 10.2. The number of halogens is 1. The summed E-state index contributed by atoms with van der Waals surface area (Å²) in [4.78, 5) is 15.9. The van der Waals surface area contributed by atoms with Gasteiger partial charge in [0, 0.05) is 16.3 Å². The second-order valence-electron chi connectivity index (χ2n) is 3.85. The number of ether oxygens (including phenoxy) is 1. The number of benzene rings is 1. The van der Waals surface area contributed by atoms with E-state index in [9.17, 15) is 4.79 Å². The van der Waals surface area contributed by atoms with E-state index < -0.39 is 0 Å². The van der Waals surface area contributed by atoms with E-state index in [-0.39, 0.29) is 5.91 Å². The van der Waals surface area contributed by atoms with Crippen molar-refractivity contribution in [1.29, 1.82) is 0 Å². The normalized spacial score (nSPS) is 10.0. The van der Waals surface area contributed by atoms with Crippen LogP contribution in [0.3, 0.4) is 0 Å². The summed E-state index contributed by atoms with van der Waals surface area (Å²) >= 11 is 2.23. The van der Waals surface area contributed by atoms with Crippen LogP contribution in [0.2, 0.25) is 0 Å². The van der Waals surface area contributed by atoms with Gasteiger partial charge in [0.25, 0.3) is 5.91 Å². The minimum Gasteiger partial charge on any atom is -0.497 e. The van der Waals surface area contributed by atoms with Crippen molar-refractivity contribution in [1.82, 2.24) is 10.3 Å². The molecule has 98 valence electrons. The molecule has 5 heteroatoms. The number of aromatic nitrogens is 1. The van der Waals surface area contributed by atoms with E-state index in [0.717, 1.165) is 14.9 Å². The molecule has 0 spiro atoms. The summed E-state index contributed by atoms with van der Waals surface area (Å²) in [5.74, 6) is 0.599. The first kappa shape index (κ1) is 13.8. The smallest absolute Gasteiger partial charge is 0.270 e. The molecule has 0 aliphatic rings. The second kappa shape index (κ2) is 6.51. The Morgan fingerprint density at radius 2 is 2.21 bits per heavy atom. The van der Waals surface area contributed by atoms with Gasteiger partial charge >= 0.3 is 0 Å². The molecule has 1 amide bonds. The Morgan fingerprint density at radius 1 is 1.37 bits per heavy atom. The molecule has 0 fully saturated rings. The number of methoxy groups -OCH3 is 1. The molecule has 1 heterocycles. The average Bonchev–Trinajstić information content (AvgIpc) is 2.47. The van der Waals surface area contributed by atoms with Crippen molar-refractivity contribution in [2.75, 3.05) is 7.11 Å². The van der Waals surface area contributed by atoms with Crippen LogP contribution in [0, 0.1) is 3.57 Å². The first-order valence-corrected chi connectivity index (χ1v) is 6.80. The summed E-state index contributed by atoms with van der Waals surface area (Å²) in [7, 11) is 1.62. The zero-order valence-corrected chi connectivity index (χ0v) is 12.5. The maximum absolute atomic E-state index is 11.9. The summed E-state index contributed by atoms with van der Waals surface area (Å²) in [5, 5.41) is 2.85. The van der Waals surface area contributed by atoms with E-state index >= 15 is 0 Å². The first-order valence-electron chi connectivity index (χ1n) is 5.72. The van der Waals surface area contributed by atoms with Crippen LogP contribution >= 0.6 is 22.6 Å². The molecule has 0 atom stereocenters. The minimum absolute atomic E-state index is 0.181. The third-order valence-corrected chi connectivity index (χ3v) is 3.64. The van der Waals surface area contributed by atoms with Crippen LogP contribution < -0.4 is 10.1 Å². The molecule has 0 bridgehead atoms. The van der Waals surface area contributed by atoms with Gasteiger partial charge in [0.1, 0.15) is 11.4 Å². The predicted molar refractivity (Wildman–Crippen MR) is 81.1 cm³/mol. The van der Waals surface area contributed by atoms with Crippen LogP contribution in [0.15, 0.2) is 42.6 Å². The number of carbonyl (C=O) groups excluding carboxylic acids is 1. The van der Waals surface area contributed by atoms with Crippen LogP contribution in [0.4, 0.5) is 0 Å². The van der Waals surface area contributed by atoms with Crippen LogP contribution in [-0.2, 0) is 6.54 Å². The molecular formula is C14H13IN2O2. The van der Waals surface area contributed by atoms with Gasteiger partial charge < -0.3 is 10.1 Å². The number of carbonyl (C=O) groups is 1. The fourth-order valence-electron chi connectivity index (χ4n) is 1.58. The van der Waals surface area contributed by atoms with Gasteiger partial charge in [0.15, 0.2) is 0 Å². The number of nitrogens with one attached hydrogen (secondary N) is 1. The van der Waals surface area contributed by atoms with Gasteiger partial charge in [-0.05, 0) is 58.5 Å². The highest BCUT2D eigenvalue weighted by atomic mass is 127. The van der Waals surface area contributed by atoms with Gasteiger partial charge in [0.05, 0.1) is 7.11 Å². The maximum Gasteiger partial charge on any atom is 0.270 e. The van der Waals surface area contributed by atoms with Crippen molar-refractivity contribution in [3.8, 4) is 5.75 Å². The van der Waals surface area contributed by atoms with E-state index in [4.69, 9.17) is 4.74 Å². The van der Waals surface area contributed by atoms with E-state index in [1.165, 1.54) is 0 Å². The number of rotatable bonds is 4. The van der Waals surface area contributed by atoms with Crippen molar-refractivity contribution in [3.63, 3.8) is 0 Å². The van der Waals surface area contributed by atoms with E-state index in [1.807, 2.05) is 18.2 Å². The molecule has 0 unspecified atom stereocenters. The van der Waals surface area contributed by atoms with Crippen LogP contribution in [0.1, 0.15) is 16.1 Å². The summed E-state index contributed by atoms with van der Waals surface area (Å²) in [6.07, 6.45) is 1.60. The highest BCUT2D eigenvalue weighted by Gasteiger charge is 2.07. The molecule has 2 aromatic rings. The van der Waals surface area contributed by atoms with Crippen molar-refractivity contribution in [2.45, 2.75) is 6.54 Å². The van der Waals surface area contributed by atoms with Gasteiger partial charge in [-0.1, -0.05) is 6.07 Å². The molecule has 1 aromatic heterocycles. The summed E-state index contributed by atoms with van der Waals surface area (Å²) in [6.45, 7) is 0.449. The summed E-state index contributed by atoms with van der Waals surface area (Å²) < 4.78 is 6.26. The fourth-order valence-corrected chi connectivity index (χ4v) is 2.10. The lowest BCUT2D eigenvalue weighted by Gasteiger charge is -2.08. The van der Waals surface area contributed by atoms with E-state index in [1.54, 1.807) is 31.5 Å². The molecule has 2 rings (SSSR count). The molecule has 19 heavy (non-hydrogen) atoms. The lowest BCUT2D eigenvalue weighted by molar-refractivity contribution is 0.0946.